The van der Waals surface area contributed by atoms with Crippen LogP contribution in [0.5, 0.6) is 5.75 Å². The van der Waals surface area contributed by atoms with Crippen molar-refractivity contribution in [3.8, 4) is 5.75 Å². The molecule has 4 rings (SSSR count). The van der Waals surface area contributed by atoms with Crippen LogP contribution in [0.3, 0.4) is 0 Å². The fourth-order valence-corrected chi connectivity index (χ4v) is 4.29. The van der Waals surface area contributed by atoms with Gasteiger partial charge in [-0.15, -0.1) is 23.2 Å². The average Bonchev–Trinajstić information content (AvgIpc) is 2.77. The topological polar surface area (TPSA) is 9.23 Å². The first-order chi connectivity index (χ1) is 14.0. The highest BCUT2D eigenvalue weighted by Crippen LogP contribution is 2.47. The predicted octanol–water partition coefficient (Wildman–Crippen LogP) is 7.29. The van der Waals surface area contributed by atoms with Gasteiger partial charge in [0.2, 0.25) is 5.06 Å². The minimum Gasteiger partial charge on any atom is -0.466 e. The Kier molecular flexibility index (Phi) is 5.74. The summed E-state index contributed by atoms with van der Waals surface area (Å²) in [6.45, 7) is 0. The molecule has 1 aliphatic rings. The summed E-state index contributed by atoms with van der Waals surface area (Å²) in [7, 11) is 0. The van der Waals surface area contributed by atoms with Gasteiger partial charge in [0.25, 0.3) is 0 Å². The number of para-hydroxylation sites is 1. The highest BCUT2D eigenvalue weighted by Gasteiger charge is 2.42. The van der Waals surface area contributed by atoms with E-state index < -0.39 is 15.3 Å². The average molecular weight is 442 g/mol. The predicted molar refractivity (Wildman–Crippen MR) is 122 cm³/mol. The Bertz CT molecular complexity index is 976. The number of hydrogen-bond donors (Lipinski definition) is 0. The van der Waals surface area contributed by atoms with E-state index in [1.165, 1.54) is 0 Å². The monoisotopic (exact) mass is 440 g/mol. The van der Waals surface area contributed by atoms with Crippen LogP contribution in [0, 0.1) is 0 Å². The fraction of sp³-hybridized carbons (Fsp3) is 0.120. The van der Waals surface area contributed by atoms with Crippen molar-refractivity contribution in [2.45, 2.75) is 15.3 Å². The van der Waals surface area contributed by atoms with Crippen molar-refractivity contribution in [3.63, 3.8) is 0 Å². The molecular formula is C25H19Cl3O. The lowest BCUT2D eigenvalue weighted by Crippen LogP contribution is -2.39. The summed E-state index contributed by atoms with van der Waals surface area (Å²) in [5.41, 5.74) is 2.77. The van der Waals surface area contributed by atoms with E-state index in [2.05, 4.69) is 0 Å². The summed E-state index contributed by atoms with van der Waals surface area (Å²) in [5.74, 6) is 0.651. The number of halogens is 3. The molecule has 0 saturated heterocycles. The van der Waals surface area contributed by atoms with Crippen LogP contribution in [0.2, 0.25) is 0 Å². The number of rotatable bonds is 5. The Balaban J connectivity index is 1.73. The summed E-state index contributed by atoms with van der Waals surface area (Å²) < 4.78 is 5.99. The Hall–Kier alpha value is -2.19. The summed E-state index contributed by atoms with van der Waals surface area (Å²) in [4.78, 5) is -0.892. The van der Waals surface area contributed by atoms with Crippen LogP contribution in [0.1, 0.15) is 11.1 Å². The fourth-order valence-electron chi connectivity index (χ4n) is 3.45. The van der Waals surface area contributed by atoms with Crippen molar-refractivity contribution in [3.05, 3.63) is 126 Å². The molecule has 0 amide bonds. The molecule has 0 saturated carbocycles. The molecular weight excluding hydrogens is 423 g/mol. The van der Waals surface area contributed by atoms with Crippen LogP contribution in [0.25, 0.3) is 0 Å². The first-order valence-corrected chi connectivity index (χ1v) is 10.5. The van der Waals surface area contributed by atoms with E-state index in [1.54, 1.807) is 6.08 Å². The van der Waals surface area contributed by atoms with E-state index in [9.17, 15) is 0 Å². The van der Waals surface area contributed by atoms with Gasteiger partial charge in [-0.2, -0.15) is 0 Å². The quantitative estimate of drug-likeness (QED) is 0.378. The van der Waals surface area contributed by atoms with Crippen molar-refractivity contribution in [2.24, 2.45) is 0 Å². The van der Waals surface area contributed by atoms with Gasteiger partial charge in [-0.3, -0.25) is 0 Å². The lowest BCUT2D eigenvalue weighted by molar-refractivity contribution is 0.212. The zero-order valence-corrected chi connectivity index (χ0v) is 17.8. The largest absolute Gasteiger partial charge is 0.466 e. The number of alkyl halides is 3. The Morgan fingerprint density at radius 1 is 0.759 bits per heavy atom. The molecule has 4 heteroatoms. The molecule has 1 aliphatic carbocycles. The summed E-state index contributed by atoms with van der Waals surface area (Å²) in [6.07, 6.45) is 5.56. The number of hydrogen-bond acceptors (Lipinski definition) is 1. The lowest BCUT2D eigenvalue weighted by Gasteiger charge is -2.36. The summed E-state index contributed by atoms with van der Waals surface area (Å²) in [5, 5.41) is -1.81. The molecule has 0 heterocycles. The molecule has 29 heavy (non-hydrogen) atoms. The van der Waals surface area contributed by atoms with Crippen molar-refractivity contribution >= 4 is 34.8 Å². The molecule has 0 fully saturated rings. The first kappa shape index (κ1) is 20.1. The van der Waals surface area contributed by atoms with Crippen molar-refractivity contribution in [1.82, 2.24) is 0 Å². The van der Waals surface area contributed by atoms with Gasteiger partial charge in [0, 0.05) is 0 Å². The maximum absolute atomic E-state index is 7.33. The second kappa shape index (κ2) is 8.28. The van der Waals surface area contributed by atoms with Gasteiger partial charge in [-0.05, 0) is 34.9 Å². The number of allylic oxidation sites excluding steroid dienone is 2. The third kappa shape index (κ3) is 3.96. The maximum Gasteiger partial charge on any atom is 0.221 e. The molecule has 3 aromatic rings. The van der Waals surface area contributed by atoms with Gasteiger partial charge in [-0.25, -0.2) is 0 Å². The lowest BCUT2D eigenvalue weighted by atomic mass is 9.81. The zero-order valence-electron chi connectivity index (χ0n) is 15.5. The third-order valence-electron chi connectivity index (χ3n) is 4.95. The van der Waals surface area contributed by atoms with E-state index in [-0.39, 0.29) is 0 Å². The molecule has 0 aromatic heterocycles. The molecule has 3 aromatic carbocycles. The standard InChI is InChI=1S/C25H19Cl3O/c26-23-18-21(16-17-24(23,27)29-22-14-8-3-9-15-22)25(28,19-10-4-1-5-11-19)20-12-6-2-7-13-20/h1-18,23H. The van der Waals surface area contributed by atoms with Crippen LogP contribution < -0.4 is 4.74 Å². The van der Waals surface area contributed by atoms with E-state index in [0.29, 0.717) is 5.75 Å². The zero-order chi connectivity index (χ0) is 20.3. The summed E-state index contributed by atoms with van der Waals surface area (Å²) in [6, 6.07) is 29.3. The van der Waals surface area contributed by atoms with Gasteiger partial charge >= 0.3 is 0 Å². The molecule has 0 N–H and O–H groups in total. The van der Waals surface area contributed by atoms with Crippen LogP contribution in [-0.4, -0.2) is 10.4 Å². The van der Waals surface area contributed by atoms with Crippen LogP contribution >= 0.6 is 34.8 Å². The van der Waals surface area contributed by atoms with E-state index in [1.807, 2.05) is 103 Å². The molecule has 146 valence electrons. The minimum absolute atomic E-state index is 0.616. The van der Waals surface area contributed by atoms with Crippen LogP contribution in [0.15, 0.2) is 115 Å². The summed E-state index contributed by atoms with van der Waals surface area (Å²) >= 11 is 20.8. The van der Waals surface area contributed by atoms with Crippen LogP contribution in [-0.2, 0) is 4.87 Å². The molecule has 2 unspecified atom stereocenters. The molecule has 0 bridgehead atoms. The van der Waals surface area contributed by atoms with Crippen LogP contribution in [0.4, 0.5) is 0 Å². The van der Waals surface area contributed by atoms with E-state index in [0.717, 1.165) is 16.7 Å². The molecule has 0 radical (unpaired) electrons. The Morgan fingerprint density at radius 3 is 1.72 bits per heavy atom. The van der Waals surface area contributed by atoms with Crippen molar-refractivity contribution < 1.29 is 4.74 Å². The van der Waals surface area contributed by atoms with Gasteiger partial charge in [0.15, 0.2) is 0 Å². The minimum atomic E-state index is -1.20. The second-order valence-electron chi connectivity index (χ2n) is 6.86. The van der Waals surface area contributed by atoms with Gasteiger partial charge in [0.05, 0.1) is 0 Å². The normalized spacial score (nSPS) is 21.5. The molecule has 2 atom stereocenters. The Labute approximate surface area is 186 Å². The molecule has 0 spiro atoms. The second-order valence-corrected chi connectivity index (χ2v) is 8.49. The van der Waals surface area contributed by atoms with Crippen molar-refractivity contribution in [2.75, 3.05) is 0 Å². The number of ether oxygens (including phenoxy) is 1. The molecule has 0 aliphatic heterocycles. The van der Waals surface area contributed by atoms with Crippen molar-refractivity contribution in [1.29, 1.82) is 0 Å². The highest BCUT2D eigenvalue weighted by atomic mass is 35.5. The maximum atomic E-state index is 7.33. The van der Waals surface area contributed by atoms with Gasteiger partial charge in [0.1, 0.15) is 16.0 Å². The first-order valence-electron chi connectivity index (χ1n) is 9.31. The highest BCUT2D eigenvalue weighted by molar-refractivity contribution is 6.34. The Morgan fingerprint density at radius 2 is 1.24 bits per heavy atom. The smallest absolute Gasteiger partial charge is 0.221 e. The number of benzene rings is 3. The van der Waals surface area contributed by atoms with Gasteiger partial charge < -0.3 is 4.74 Å². The SMILES string of the molecule is ClC1C=C(C(Cl)(c2ccccc2)c2ccccc2)C=CC1(Cl)Oc1ccccc1. The molecule has 1 nitrogen and oxygen atoms in total. The van der Waals surface area contributed by atoms with E-state index in [4.69, 9.17) is 39.5 Å². The third-order valence-corrected chi connectivity index (χ3v) is 6.61. The van der Waals surface area contributed by atoms with Gasteiger partial charge in [-0.1, -0.05) is 103 Å². The van der Waals surface area contributed by atoms with E-state index >= 15 is 0 Å².